The number of Topliss-reactive ketones (excluding diaryl/α,β-unsaturated/α-hetero) is 1. The van der Waals surface area contributed by atoms with E-state index >= 15 is 0 Å². The molecule has 0 aromatic heterocycles. The minimum Gasteiger partial charge on any atom is -0.469 e. The van der Waals surface area contributed by atoms with Crippen LogP contribution in [0.2, 0.25) is 0 Å². The molecule has 1 aliphatic carbocycles. The summed E-state index contributed by atoms with van der Waals surface area (Å²) in [7, 11) is 1.45. The van der Waals surface area contributed by atoms with E-state index in [0.717, 1.165) is 44.9 Å². The lowest BCUT2D eigenvalue weighted by molar-refractivity contribution is -0.140. The number of carbonyl (C=O) groups is 2. The molecule has 0 heterocycles. The number of unbranched alkanes of at least 4 members (excludes halogenated alkanes) is 8. The van der Waals surface area contributed by atoms with Gasteiger partial charge in [0.05, 0.1) is 7.11 Å². The monoisotopic (exact) mass is 352 g/mol. The Morgan fingerprint density at radius 1 is 0.960 bits per heavy atom. The molecule has 0 spiro atoms. The number of methoxy groups -OCH3 is 1. The second kappa shape index (κ2) is 14.3. The van der Waals surface area contributed by atoms with Crippen LogP contribution in [-0.2, 0) is 14.3 Å². The molecule has 0 amide bonds. The molecule has 1 aliphatic rings. The topological polar surface area (TPSA) is 43.4 Å². The third kappa shape index (κ3) is 10.0. The van der Waals surface area contributed by atoms with E-state index in [-0.39, 0.29) is 5.97 Å². The fourth-order valence-corrected chi connectivity index (χ4v) is 4.21. The maximum absolute atomic E-state index is 12.4. The highest BCUT2D eigenvalue weighted by atomic mass is 16.5. The Morgan fingerprint density at radius 3 is 2.32 bits per heavy atom. The van der Waals surface area contributed by atoms with Crippen molar-refractivity contribution < 1.29 is 14.3 Å². The molecule has 1 fully saturated rings. The lowest BCUT2D eigenvalue weighted by atomic mass is 9.73. The van der Waals surface area contributed by atoms with E-state index in [2.05, 4.69) is 11.7 Å². The lowest BCUT2D eigenvalue weighted by Gasteiger charge is -2.30. The van der Waals surface area contributed by atoms with Crippen molar-refractivity contribution in [3.63, 3.8) is 0 Å². The third-order valence-electron chi connectivity index (χ3n) is 5.78. The van der Waals surface area contributed by atoms with Crippen molar-refractivity contribution >= 4 is 11.8 Å². The Hall–Kier alpha value is -0.860. The number of esters is 1. The normalized spacial score (nSPS) is 20.6. The molecule has 0 bridgehead atoms. The van der Waals surface area contributed by atoms with Crippen LogP contribution in [0.3, 0.4) is 0 Å². The summed E-state index contributed by atoms with van der Waals surface area (Å²) >= 11 is 0. The van der Waals surface area contributed by atoms with E-state index in [4.69, 9.17) is 0 Å². The molecule has 0 radical (unpaired) electrons. The van der Waals surface area contributed by atoms with Crippen LogP contribution in [0.15, 0.2) is 0 Å². The first-order valence-electron chi connectivity index (χ1n) is 10.8. The average molecular weight is 353 g/mol. The number of hydrogen-bond donors (Lipinski definition) is 0. The van der Waals surface area contributed by atoms with Gasteiger partial charge < -0.3 is 4.74 Å². The molecule has 0 aromatic carbocycles. The van der Waals surface area contributed by atoms with Crippen LogP contribution in [0.25, 0.3) is 0 Å². The molecule has 2 unspecified atom stereocenters. The molecule has 2 atom stereocenters. The fourth-order valence-electron chi connectivity index (χ4n) is 4.21. The van der Waals surface area contributed by atoms with Crippen LogP contribution in [0.1, 0.15) is 110 Å². The molecular weight excluding hydrogens is 312 g/mol. The van der Waals surface area contributed by atoms with Crippen molar-refractivity contribution in [3.8, 4) is 0 Å². The van der Waals surface area contributed by atoms with Gasteiger partial charge in [-0.05, 0) is 38.0 Å². The van der Waals surface area contributed by atoms with E-state index in [1.807, 2.05) is 0 Å². The number of carbonyl (C=O) groups excluding carboxylic acids is 2. The second-order valence-corrected chi connectivity index (χ2v) is 7.81. The molecule has 0 N–H and O–H groups in total. The highest BCUT2D eigenvalue weighted by Gasteiger charge is 2.30. The Balaban J connectivity index is 2.18. The number of ketones is 1. The van der Waals surface area contributed by atoms with Crippen LogP contribution in [-0.4, -0.2) is 18.9 Å². The molecule has 1 rings (SSSR count). The van der Waals surface area contributed by atoms with Gasteiger partial charge in [-0.15, -0.1) is 0 Å². The van der Waals surface area contributed by atoms with Gasteiger partial charge in [0, 0.05) is 18.8 Å². The molecule has 3 nitrogen and oxygen atoms in total. The Morgan fingerprint density at radius 2 is 1.60 bits per heavy atom. The first-order valence-corrected chi connectivity index (χ1v) is 10.8. The van der Waals surface area contributed by atoms with Crippen molar-refractivity contribution in [1.29, 1.82) is 0 Å². The van der Waals surface area contributed by atoms with Crippen molar-refractivity contribution in [3.05, 3.63) is 0 Å². The quantitative estimate of drug-likeness (QED) is 0.275. The summed E-state index contributed by atoms with van der Waals surface area (Å²) in [6.07, 6.45) is 18.3. The van der Waals surface area contributed by atoms with Gasteiger partial charge in [-0.2, -0.15) is 0 Å². The maximum atomic E-state index is 12.4. The first kappa shape index (κ1) is 22.2. The highest BCUT2D eigenvalue weighted by molar-refractivity contribution is 5.81. The number of rotatable bonds is 14. The van der Waals surface area contributed by atoms with Gasteiger partial charge in [0.25, 0.3) is 0 Å². The standard InChI is InChI=1S/C22H40O3/c1-3-4-5-6-7-10-14-19-15-13-17-21(23)20(19)16-11-8-9-12-18-22(24)25-2/h19-20H,3-18H2,1-2H3. The zero-order chi connectivity index (χ0) is 18.3. The molecule has 0 aliphatic heterocycles. The van der Waals surface area contributed by atoms with Gasteiger partial charge in [-0.1, -0.05) is 64.7 Å². The van der Waals surface area contributed by atoms with Gasteiger partial charge in [-0.3, -0.25) is 9.59 Å². The lowest BCUT2D eigenvalue weighted by Crippen LogP contribution is -2.28. The average Bonchev–Trinajstić information content (AvgIpc) is 2.62. The molecule has 1 saturated carbocycles. The van der Waals surface area contributed by atoms with Crippen molar-refractivity contribution in [1.82, 2.24) is 0 Å². The van der Waals surface area contributed by atoms with E-state index in [0.29, 0.717) is 24.0 Å². The van der Waals surface area contributed by atoms with Crippen LogP contribution < -0.4 is 0 Å². The number of ether oxygens (including phenoxy) is 1. The highest BCUT2D eigenvalue weighted by Crippen LogP contribution is 2.35. The summed E-state index contributed by atoms with van der Waals surface area (Å²) in [5, 5.41) is 0. The van der Waals surface area contributed by atoms with E-state index in [1.54, 1.807) is 0 Å². The van der Waals surface area contributed by atoms with E-state index in [1.165, 1.54) is 58.5 Å². The molecule has 3 heteroatoms. The van der Waals surface area contributed by atoms with Crippen LogP contribution in [0.5, 0.6) is 0 Å². The summed E-state index contributed by atoms with van der Waals surface area (Å²) in [6.45, 7) is 2.26. The summed E-state index contributed by atoms with van der Waals surface area (Å²) < 4.78 is 4.66. The largest absolute Gasteiger partial charge is 0.469 e. The summed E-state index contributed by atoms with van der Waals surface area (Å²) in [5.74, 6) is 1.38. The first-order chi connectivity index (χ1) is 12.2. The van der Waals surface area contributed by atoms with Gasteiger partial charge in [-0.25, -0.2) is 0 Å². The molecule has 0 saturated heterocycles. The minimum atomic E-state index is -0.110. The van der Waals surface area contributed by atoms with Crippen molar-refractivity contribution in [2.45, 2.75) is 110 Å². The van der Waals surface area contributed by atoms with E-state index < -0.39 is 0 Å². The molecule has 25 heavy (non-hydrogen) atoms. The zero-order valence-corrected chi connectivity index (χ0v) is 16.7. The predicted octanol–water partition coefficient (Wildman–Crippen LogP) is 6.24. The smallest absolute Gasteiger partial charge is 0.305 e. The van der Waals surface area contributed by atoms with Gasteiger partial charge >= 0.3 is 5.97 Å². The van der Waals surface area contributed by atoms with Crippen molar-refractivity contribution in [2.75, 3.05) is 7.11 Å². The Labute approximate surface area is 155 Å². The van der Waals surface area contributed by atoms with Gasteiger partial charge in [0.1, 0.15) is 5.78 Å². The van der Waals surface area contributed by atoms with Gasteiger partial charge in [0.15, 0.2) is 0 Å². The van der Waals surface area contributed by atoms with Crippen LogP contribution >= 0.6 is 0 Å². The summed E-state index contributed by atoms with van der Waals surface area (Å²) in [5.41, 5.74) is 0. The third-order valence-corrected chi connectivity index (χ3v) is 5.78. The fraction of sp³-hybridized carbons (Fsp3) is 0.909. The Kier molecular flexibility index (Phi) is 12.7. The maximum Gasteiger partial charge on any atom is 0.305 e. The van der Waals surface area contributed by atoms with Gasteiger partial charge in [0.2, 0.25) is 0 Å². The Bertz CT molecular complexity index is 364. The molecule has 0 aromatic rings. The minimum absolute atomic E-state index is 0.110. The summed E-state index contributed by atoms with van der Waals surface area (Å²) in [4.78, 5) is 23.5. The van der Waals surface area contributed by atoms with Crippen LogP contribution in [0.4, 0.5) is 0 Å². The predicted molar refractivity (Wildman–Crippen MR) is 104 cm³/mol. The molecule has 146 valence electrons. The SMILES string of the molecule is CCCCCCCCC1CCCC(=O)C1CCCCCCC(=O)OC. The van der Waals surface area contributed by atoms with E-state index in [9.17, 15) is 9.59 Å². The van der Waals surface area contributed by atoms with Crippen LogP contribution in [0, 0.1) is 11.8 Å². The second-order valence-electron chi connectivity index (χ2n) is 7.81. The molecular formula is C22H40O3. The van der Waals surface area contributed by atoms with Crippen molar-refractivity contribution in [2.24, 2.45) is 11.8 Å². The number of hydrogen-bond acceptors (Lipinski definition) is 3. The summed E-state index contributed by atoms with van der Waals surface area (Å²) in [6, 6.07) is 0. The zero-order valence-electron chi connectivity index (χ0n) is 16.7.